The van der Waals surface area contributed by atoms with Crippen LogP contribution in [-0.4, -0.2) is 60.7 Å². The minimum Gasteiger partial charge on any atom is -0.354 e. The lowest BCUT2D eigenvalue weighted by atomic mass is 10.1. The molecule has 1 aliphatic rings. The molecule has 2 atom stereocenters. The summed E-state index contributed by atoms with van der Waals surface area (Å²) in [5.41, 5.74) is 2.13. The maximum Gasteiger partial charge on any atom is 0.244 e. The lowest BCUT2D eigenvalue weighted by Crippen LogP contribution is -2.47. The Hall–Kier alpha value is -2.82. The summed E-state index contributed by atoms with van der Waals surface area (Å²) in [6, 6.07) is 11.4. The van der Waals surface area contributed by atoms with Crippen molar-refractivity contribution >= 4 is 15.8 Å². The number of pyridine rings is 1. The van der Waals surface area contributed by atoms with E-state index < -0.39 is 10.0 Å². The first-order chi connectivity index (χ1) is 16.8. The van der Waals surface area contributed by atoms with Crippen LogP contribution in [0.15, 0.2) is 52.0 Å². The van der Waals surface area contributed by atoms with Crippen molar-refractivity contribution in [3.63, 3.8) is 0 Å². The van der Waals surface area contributed by atoms with Crippen LogP contribution >= 0.6 is 0 Å². The summed E-state index contributed by atoms with van der Waals surface area (Å²) in [5.74, 6) is 1.98. The number of nitrogens with one attached hydrogen (secondary N) is 1. The number of hydrogen-bond acceptors (Lipinski definition) is 8. The molecule has 10 heteroatoms. The van der Waals surface area contributed by atoms with Gasteiger partial charge >= 0.3 is 0 Å². The standard InChI is InChI=1S/C25H34N6O3S/c1-5-6-19(3)29-35(32,33)22-11-12-23(26-17-22)31-15-13-30(14-16-31)20(4)25-27-24(28-34-25)21-9-7-18(2)8-10-21/h7-12,17,19-20,29H,5-6,13-16H2,1-4H3. The van der Waals surface area contributed by atoms with Crippen LogP contribution in [0.1, 0.15) is 51.1 Å². The maximum absolute atomic E-state index is 12.6. The molecular weight excluding hydrogens is 464 g/mol. The van der Waals surface area contributed by atoms with Crippen molar-refractivity contribution in [2.75, 3.05) is 31.1 Å². The molecule has 0 spiro atoms. The Bertz CT molecular complexity index is 1200. The van der Waals surface area contributed by atoms with Gasteiger partial charge in [-0.25, -0.2) is 18.1 Å². The van der Waals surface area contributed by atoms with E-state index in [0.29, 0.717) is 11.7 Å². The van der Waals surface area contributed by atoms with Gasteiger partial charge in [0.05, 0.1) is 6.04 Å². The summed E-state index contributed by atoms with van der Waals surface area (Å²) in [4.78, 5) is 13.7. The molecule has 1 aromatic carbocycles. The molecule has 3 aromatic rings. The number of piperazine rings is 1. The average molecular weight is 499 g/mol. The Kier molecular flexibility index (Phi) is 7.83. The van der Waals surface area contributed by atoms with Crippen molar-refractivity contribution in [1.29, 1.82) is 0 Å². The number of sulfonamides is 1. The van der Waals surface area contributed by atoms with Crippen LogP contribution in [-0.2, 0) is 10.0 Å². The van der Waals surface area contributed by atoms with Gasteiger partial charge in [-0.2, -0.15) is 4.98 Å². The van der Waals surface area contributed by atoms with E-state index in [1.165, 1.54) is 11.8 Å². The number of anilines is 1. The highest BCUT2D eigenvalue weighted by Gasteiger charge is 2.27. The molecule has 0 amide bonds. The van der Waals surface area contributed by atoms with Gasteiger partial charge in [0, 0.05) is 44.0 Å². The third-order valence-electron chi connectivity index (χ3n) is 6.40. The summed E-state index contributed by atoms with van der Waals surface area (Å²) in [6.07, 6.45) is 3.16. The molecule has 0 radical (unpaired) electrons. The van der Waals surface area contributed by atoms with E-state index in [9.17, 15) is 8.42 Å². The Morgan fingerprint density at radius 2 is 1.77 bits per heavy atom. The highest BCUT2D eigenvalue weighted by molar-refractivity contribution is 7.89. The van der Waals surface area contributed by atoms with Gasteiger partial charge < -0.3 is 9.42 Å². The van der Waals surface area contributed by atoms with E-state index in [1.54, 1.807) is 12.1 Å². The fraction of sp³-hybridized carbons (Fsp3) is 0.480. The zero-order valence-electron chi connectivity index (χ0n) is 20.8. The Balaban J connectivity index is 1.34. The van der Waals surface area contributed by atoms with Gasteiger partial charge in [0.2, 0.25) is 21.7 Å². The van der Waals surface area contributed by atoms with Crippen LogP contribution in [0.2, 0.25) is 0 Å². The molecule has 0 saturated carbocycles. The fourth-order valence-corrected chi connectivity index (χ4v) is 5.48. The zero-order chi connectivity index (χ0) is 25.0. The average Bonchev–Trinajstić information content (AvgIpc) is 3.34. The number of hydrogen-bond donors (Lipinski definition) is 1. The molecule has 1 saturated heterocycles. The predicted molar refractivity (Wildman–Crippen MR) is 136 cm³/mol. The smallest absolute Gasteiger partial charge is 0.244 e. The molecule has 0 bridgehead atoms. The maximum atomic E-state index is 12.6. The van der Waals surface area contributed by atoms with Gasteiger partial charge in [-0.3, -0.25) is 4.90 Å². The van der Waals surface area contributed by atoms with Crippen LogP contribution < -0.4 is 9.62 Å². The summed E-state index contributed by atoms with van der Waals surface area (Å²) in [7, 11) is -3.56. The number of aryl methyl sites for hydroxylation is 1. The predicted octanol–water partition coefficient (Wildman–Crippen LogP) is 3.79. The van der Waals surface area contributed by atoms with Gasteiger partial charge in [0.25, 0.3) is 0 Å². The second kappa shape index (κ2) is 10.8. The molecule has 2 aromatic heterocycles. The van der Waals surface area contributed by atoms with E-state index in [4.69, 9.17) is 4.52 Å². The number of rotatable bonds is 9. The van der Waals surface area contributed by atoms with Gasteiger partial charge in [0.15, 0.2) is 0 Å². The van der Waals surface area contributed by atoms with E-state index in [0.717, 1.165) is 50.4 Å². The first-order valence-corrected chi connectivity index (χ1v) is 13.6. The van der Waals surface area contributed by atoms with Gasteiger partial charge in [0.1, 0.15) is 10.7 Å². The molecule has 2 unspecified atom stereocenters. The molecule has 1 N–H and O–H groups in total. The molecule has 3 heterocycles. The summed E-state index contributed by atoms with van der Waals surface area (Å²) < 4.78 is 33.4. The molecule has 1 fully saturated rings. The van der Waals surface area contributed by atoms with E-state index in [2.05, 4.69) is 36.6 Å². The van der Waals surface area contributed by atoms with Crippen LogP contribution in [0, 0.1) is 6.92 Å². The second-order valence-corrected chi connectivity index (χ2v) is 10.9. The van der Waals surface area contributed by atoms with E-state index in [1.807, 2.05) is 45.0 Å². The molecule has 9 nitrogen and oxygen atoms in total. The summed E-state index contributed by atoms with van der Waals surface area (Å²) >= 11 is 0. The number of benzene rings is 1. The third-order valence-corrected chi connectivity index (χ3v) is 7.98. The van der Waals surface area contributed by atoms with Crippen molar-refractivity contribution in [2.45, 2.75) is 57.5 Å². The minimum absolute atomic E-state index is 0.000473. The zero-order valence-corrected chi connectivity index (χ0v) is 21.6. The number of nitrogens with zero attached hydrogens (tertiary/aromatic N) is 5. The highest BCUT2D eigenvalue weighted by Crippen LogP contribution is 2.25. The van der Waals surface area contributed by atoms with E-state index >= 15 is 0 Å². The Labute approximate surface area is 207 Å². The molecule has 188 valence electrons. The second-order valence-electron chi connectivity index (χ2n) is 9.18. The van der Waals surface area contributed by atoms with Crippen molar-refractivity contribution in [3.05, 3.63) is 54.0 Å². The first-order valence-electron chi connectivity index (χ1n) is 12.1. The highest BCUT2D eigenvalue weighted by atomic mass is 32.2. The summed E-state index contributed by atoms with van der Waals surface area (Å²) in [6.45, 7) is 11.2. The minimum atomic E-state index is -3.56. The van der Waals surface area contributed by atoms with Crippen LogP contribution in [0.3, 0.4) is 0 Å². The van der Waals surface area contributed by atoms with Crippen LogP contribution in [0.5, 0.6) is 0 Å². The van der Waals surface area contributed by atoms with Gasteiger partial charge in [-0.1, -0.05) is 48.3 Å². The van der Waals surface area contributed by atoms with Crippen LogP contribution in [0.4, 0.5) is 5.82 Å². The van der Waals surface area contributed by atoms with Gasteiger partial charge in [-0.15, -0.1) is 0 Å². The van der Waals surface area contributed by atoms with Gasteiger partial charge in [-0.05, 0) is 39.3 Å². The largest absolute Gasteiger partial charge is 0.354 e. The van der Waals surface area contributed by atoms with Crippen molar-refractivity contribution in [1.82, 2.24) is 24.7 Å². The summed E-state index contributed by atoms with van der Waals surface area (Å²) in [5, 5.41) is 4.16. The van der Waals surface area contributed by atoms with Crippen molar-refractivity contribution < 1.29 is 12.9 Å². The molecule has 0 aliphatic carbocycles. The van der Waals surface area contributed by atoms with Crippen molar-refractivity contribution in [3.8, 4) is 11.4 Å². The lowest BCUT2D eigenvalue weighted by molar-refractivity contribution is 0.164. The Morgan fingerprint density at radius 1 is 1.06 bits per heavy atom. The normalized spacial score (nSPS) is 16.9. The fourth-order valence-electron chi connectivity index (χ4n) is 4.26. The monoisotopic (exact) mass is 498 g/mol. The first kappa shape index (κ1) is 25.3. The topological polar surface area (TPSA) is 104 Å². The molecule has 1 aliphatic heterocycles. The van der Waals surface area contributed by atoms with Crippen molar-refractivity contribution in [2.24, 2.45) is 0 Å². The molecule has 4 rings (SSSR count). The third kappa shape index (κ3) is 6.06. The lowest BCUT2D eigenvalue weighted by Gasteiger charge is -2.37. The quantitative estimate of drug-likeness (QED) is 0.475. The van der Waals surface area contributed by atoms with Crippen LogP contribution in [0.25, 0.3) is 11.4 Å². The molecule has 35 heavy (non-hydrogen) atoms. The van der Waals surface area contributed by atoms with E-state index in [-0.39, 0.29) is 17.0 Å². The Morgan fingerprint density at radius 3 is 2.40 bits per heavy atom. The number of aromatic nitrogens is 3. The SMILES string of the molecule is CCCC(C)NS(=O)(=O)c1ccc(N2CCN(C(C)c3nc(-c4ccc(C)cc4)no3)CC2)nc1. The molecular formula is C25H34N6O3S.